The van der Waals surface area contributed by atoms with Gasteiger partial charge in [-0.15, -0.1) is 34.0 Å². The number of benzene rings is 2. The number of carbonyl (C=O) groups is 2. The molecule has 0 aliphatic carbocycles. The van der Waals surface area contributed by atoms with Crippen LogP contribution in [0, 0.1) is 0 Å². The van der Waals surface area contributed by atoms with Crippen LogP contribution in [0.25, 0.3) is 57.8 Å². The molecule has 0 unspecified atom stereocenters. The van der Waals surface area contributed by atoms with E-state index in [0.717, 1.165) is 30.6 Å². The maximum atomic E-state index is 13.0. The van der Waals surface area contributed by atoms with Crippen molar-refractivity contribution in [2.75, 3.05) is 14.1 Å². The highest BCUT2D eigenvalue weighted by Gasteiger charge is 2.23. The van der Waals surface area contributed by atoms with Crippen molar-refractivity contribution in [1.29, 1.82) is 0 Å². The Morgan fingerprint density at radius 1 is 0.571 bits per heavy atom. The topological polar surface area (TPSA) is 62.5 Å². The molecule has 0 radical (unpaired) electrons. The highest BCUT2D eigenvalue weighted by Crippen LogP contribution is 2.48. The second-order valence-corrected chi connectivity index (χ2v) is 21.0. The largest absolute Gasteiger partial charge is 0.477 e. The van der Waals surface area contributed by atoms with E-state index >= 15 is 0 Å². The molecule has 0 fully saturated rings. The monoisotopic (exact) mass is 904 g/mol. The number of carboxylic acid groups (broad SMARTS) is 1. The molecule has 6 aromatic rings. The number of hydrogen-bond donors (Lipinski definition) is 1. The van der Waals surface area contributed by atoms with Crippen molar-refractivity contribution in [2.45, 2.75) is 156 Å². The molecule has 1 N–H and O–H groups in total. The number of nitrogens with zero attached hydrogens (tertiary/aromatic N) is 2. The summed E-state index contributed by atoms with van der Waals surface area (Å²) in [6.45, 7) is 6.83. The van der Waals surface area contributed by atoms with E-state index in [0.29, 0.717) is 0 Å². The van der Waals surface area contributed by atoms with Crippen LogP contribution in [0.15, 0.2) is 66.2 Å². The number of para-hydroxylation sites is 1. The zero-order chi connectivity index (χ0) is 44.7. The van der Waals surface area contributed by atoms with Gasteiger partial charge in [0.05, 0.1) is 0 Å². The molecule has 338 valence electrons. The van der Waals surface area contributed by atoms with Gasteiger partial charge in [0.2, 0.25) is 0 Å². The number of likely N-dealkylation sites (N-methyl/N-ethyl adjacent to an activating group) is 1. The van der Waals surface area contributed by atoms with Gasteiger partial charge in [0, 0.05) is 72.2 Å². The van der Waals surface area contributed by atoms with Crippen LogP contribution in [0.1, 0.15) is 158 Å². The third-order valence-electron chi connectivity index (χ3n) is 12.6. The molecule has 4 aromatic heterocycles. The molecule has 1 amide bonds. The summed E-state index contributed by atoms with van der Waals surface area (Å²) in [6, 6.07) is 23.0. The Morgan fingerprint density at radius 2 is 1.05 bits per heavy atom. The molecule has 2 aromatic carbocycles. The average molecular weight is 905 g/mol. The summed E-state index contributed by atoms with van der Waals surface area (Å²) in [7, 11) is 5.40. The second-order valence-electron chi connectivity index (χ2n) is 17.9. The van der Waals surface area contributed by atoms with Crippen molar-refractivity contribution >= 4 is 73.8 Å². The first kappa shape index (κ1) is 48.5. The second kappa shape index (κ2) is 24.3. The molecule has 0 aliphatic heterocycles. The summed E-state index contributed by atoms with van der Waals surface area (Å²) in [5.41, 5.74) is 7.80. The summed E-state index contributed by atoms with van der Waals surface area (Å²) in [4.78, 5) is 34.2. The fourth-order valence-corrected chi connectivity index (χ4v) is 12.9. The lowest BCUT2D eigenvalue weighted by atomic mass is 10.0. The number of rotatable bonds is 27. The fraction of sp³-hybridized carbons (Fsp3) is 0.491. The number of unbranched alkanes of at least 4 members (excludes halogenated alkanes) is 15. The molecule has 0 saturated heterocycles. The predicted molar refractivity (Wildman–Crippen MR) is 276 cm³/mol. The van der Waals surface area contributed by atoms with Crippen LogP contribution in [0.3, 0.4) is 0 Å². The Hall–Kier alpha value is -3.98. The maximum absolute atomic E-state index is 13.0. The minimum absolute atomic E-state index is 0.194. The molecule has 0 aliphatic rings. The van der Waals surface area contributed by atoms with Gasteiger partial charge >= 0.3 is 5.97 Å². The molecule has 63 heavy (non-hydrogen) atoms. The Bertz CT molecular complexity index is 2440. The lowest BCUT2D eigenvalue weighted by Crippen LogP contribution is -2.27. The molecular weight excluding hydrogens is 833 g/mol. The molecule has 5 nitrogen and oxygen atoms in total. The number of carboxylic acids is 1. The van der Waals surface area contributed by atoms with Crippen molar-refractivity contribution in [1.82, 2.24) is 9.47 Å². The van der Waals surface area contributed by atoms with Crippen LogP contribution in [0.4, 0.5) is 0 Å². The van der Waals surface area contributed by atoms with E-state index in [-0.39, 0.29) is 5.57 Å². The quantitative estimate of drug-likeness (QED) is 0.0242. The van der Waals surface area contributed by atoms with Crippen molar-refractivity contribution in [3.05, 3.63) is 87.8 Å². The summed E-state index contributed by atoms with van der Waals surface area (Å²) in [5.74, 6) is -1.68. The Labute approximate surface area is 390 Å². The minimum atomic E-state index is -1.19. The van der Waals surface area contributed by atoms with Crippen LogP contribution in [-0.2, 0) is 35.9 Å². The maximum Gasteiger partial charge on any atom is 0.341 e. The summed E-state index contributed by atoms with van der Waals surface area (Å²) < 4.78 is 2.32. The highest BCUT2D eigenvalue weighted by molar-refractivity contribution is 7.27. The fourth-order valence-electron chi connectivity index (χ4n) is 9.02. The third-order valence-corrected chi connectivity index (χ3v) is 16.5. The van der Waals surface area contributed by atoms with Crippen LogP contribution in [0.2, 0.25) is 0 Å². The molecule has 6 rings (SSSR count). The SMILES string of the molecule is CCCCCCCCc1cc(-c2sc(-c3sc(/C=C(/C(=O)O)C(=O)N(C)C)cc3CCCCCCCC)cc2CCCCCCCC)sc1-c1ccc2c(c1)c1ccccc1n2C. The van der Waals surface area contributed by atoms with E-state index in [9.17, 15) is 14.7 Å². The number of aryl methyl sites for hydroxylation is 4. The summed E-state index contributed by atoms with van der Waals surface area (Å²) >= 11 is 5.53. The molecular formula is C55H72N2O3S3. The van der Waals surface area contributed by atoms with Crippen LogP contribution in [0.5, 0.6) is 0 Å². The Morgan fingerprint density at radius 3 is 1.60 bits per heavy atom. The standard InChI is InChI=1S/C55H72N2O3S3/c1-7-10-13-16-19-22-27-39-34-43(38-46(55(59)60)54(58)56(4)5)61-52(39)49-37-41(29-24-21-18-15-12-9-3)53(63-49)50-36-40(28-23-20-17-14-11-8-2)51(62-50)42-32-33-48-45(35-42)44-30-25-26-31-47(44)57(48)6/h25-26,30-38H,7-24,27-29H2,1-6H3,(H,59,60)/b46-38+. The highest BCUT2D eigenvalue weighted by atomic mass is 32.1. The van der Waals surface area contributed by atoms with Crippen molar-refractivity contribution in [2.24, 2.45) is 7.05 Å². The van der Waals surface area contributed by atoms with E-state index in [4.69, 9.17) is 0 Å². The van der Waals surface area contributed by atoms with Gasteiger partial charge in [-0.05, 0) is 103 Å². The molecule has 0 spiro atoms. The summed E-state index contributed by atoms with van der Waals surface area (Å²) in [6.07, 6.45) is 27.2. The first-order valence-electron chi connectivity index (χ1n) is 24.2. The van der Waals surface area contributed by atoms with Gasteiger partial charge in [-0.3, -0.25) is 4.79 Å². The van der Waals surface area contributed by atoms with Crippen molar-refractivity contribution in [3.8, 4) is 29.9 Å². The van der Waals surface area contributed by atoms with E-state index < -0.39 is 11.9 Å². The smallest absolute Gasteiger partial charge is 0.341 e. The third kappa shape index (κ3) is 12.6. The van der Waals surface area contributed by atoms with Crippen LogP contribution < -0.4 is 0 Å². The van der Waals surface area contributed by atoms with Crippen LogP contribution >= 0.6 is 34.0 Å². The van der Waals surface area contributed by atoms with Gasteiger partial charge in [0.1, 0.15) is 5.57 Å². The first-order valence-corrected chi connectivity index (χ1v) is 26.6. The molecule has 0 bridgehead atoms. The summed E-state index contributed by atoms with van der Waals surface area (Å²) in [5, 5.41) is 12.7. The number of amides is 1. The normalized spacial score (nSPS) is 12.0. The zero-order valence-corrected chi connectivity index (χ0v) is 41.5. The van der Waals surface area contributed by atoms with Crippen molar-refractivity contribution in [3.63, 3.8) is 0 Å². The first-order chi connectivity index (χ1) is 30.6. The minimum Gasteiger partial charge on any atom is -0.477 e. The lowest BCUT2D eigenvalue weighted by Gasteiger charge is -2.09. The van der Waals surface area contributed by atoms with E-state index in [1.165, 1.54) is 182 Å². The molecule has 8 heteroatoms. The lowest BCUT2D eigenvalue weighted by molar-refractivity contribution is -0.136. The molecule has 4 heterocycles. The zero-order valence-electron chi connectivity index (χ0n) is 39.1. The van der Waals surface area contributed by atoms with Gasteiger partial charge < -0.3 is 14.6 Å². The van der Waals surface area contributed by atoms with Gasteiger partial charge in [-0.2, -0.15) is 0 Å². The predicted octanol–water partition coefficient (Wildman–Crippen LogP) is 16.8. The van der Waals surface area contributed by atoms with E-state index in [1.54, 1.807) is 31.5 Å². The number of aliphatic carboxylic acids is 1. The van der Waals surface area contributed by atoms with E-state index in [2.05, 4.69) is 93.0 Å². The van der Waals surface area contributed by atoms with Crippen molar-refractivity contribution < 1.29 is 14.7 Å². The van der Waals surface area contributed by atoms with Gasteiger partial charge in [-0.25, -0.2) is 4.79 Å². The molecule has 0 atom stereocenters. The Kier molecular flexibility index (Phi) is 18.7. The van der Waals surface area contributed by atoms with Gasteiger partial charge in [0.15, 0.2) is 0 Å². The van der Waals surface area contributed by atoms with Gasteiger partial charge in [0.25, 0.3) is 5.91 Å². The average Bonchev–Trinajstić information content (AvgIpc) is 4.07. The van der Waals surface area contributed by atoms with Gasteiger partial charge in [-0.1, -0.05) is 141 Å². The molecule has 0 saturated carbocycles. The number of fused-ring (bicyclic) bond motifs is 3. The van der Waals surface area contributed by atoms with Crippen LogP contribution in [-0.4, -0.2) is 40.5 Å². The number of carbonyl (C=O) groups excluding carboxylic acids is 1. The Balaban J connectivity index is 1.43. The number of hydrogen-bond acceptors (Lipinski definition) is 5. The number of aromatic nitrogens is 1. The number of thiophene rings is 3. The van der Waals surface area contributed by atoms with E-state index in [1.807, 2.05) is 22.7 Å².